The van der Waals surface area contributed by atoms with Gasteiger partial charge in [0.2, 0.25) is 0 Å². The molecule has 4 heteroatoms. The lowest BCUT2D eigenvalue weighted by Gasteiger charge is -2.16. The predicted molar refractivity (Wildman–Crippen MR) is 74.6 cm³/mol. The summed E-state index contributed by atoms with van der Waals surface area (Å²) in [6.45, 7) is 3.62. The van der Waals surface area contributed by atoms with Crippen LogP contribution in [0.2, 0.25) is 5.02 Å². The second-order valence-corrected chi connectivity index (χ2v) is 4.91. The Morgan fingerprint density at radius 2 is 1.79 bits per heavy atom. The van der Waals surface area contributed by atoms with Crippen LogP contribution in [0.4, 0.5) is 14.5 Å². The van der Waals surface area contributed by atoms with Gasteiger partial charge in [-0.1, -0.05) is 23.7 Å². The molecule has 2 rings (SSSR count). The van der Waals surface area contributed by atoms with Gasteiger partial charge in [-0.15, -0.1) is 0 Å². The van der Waals surface area contributed by atoms with Crippen LogP contribution >= 0.6 is 11.6 Å². The molecule has 0 radical (unpaired) electrons. The third kappa shape index (κ3) is 3.24. The number of aryl methyl sites for hydroxylation is 1. The van der Waals surface area contributed by atoms with E-state index in [4.69, 9.17) is 11.6 Å². The van der Waals surface area contributed by atoms with Crippen molar-refractivity contribution in [1.29, 1.82) is 0 Å². The Bertz CT molecular complexity index is 599. The average Bonchev–Trinajstić information content (AvgIpc) is 2.37. The highest BCUT2D eigenvalue weighted by atomic mass is 35.5. The maximum atomic E-state index is 13.5. The molecule has 19 heavy (non-hydrogen) atoms. The molecule has 0 fully saturated rings. The third-order valence-corrected chi connectivity index (χ3v) is 3.29. The predicted octanol–water partition coefficient (Wildman–Crippen LogP) is 5.10. The van der Waals surface area contributed by atoms with Crippen molar-refractivity contribution >= 4 is 17.3 Å². The Morgan fingerprint density at radius 3 is 2.42 bits per heavy atom. The summed E-state index contributed by atoms with van der Waals surface area (Å²) < 4.78 is 26.5. The summed E-state index contributed by atoms with van der Waals surface area (Å²) in [7, 11) is 0. The lowest BCUT2D eigenvalue weighted by atomic mass is 10.1. The van der Waals surface area contributed by atoms with Crippen LogP contribution in [0.5, 0.6) is 0 Å². The summed E-state index contributed by atoms with van der Waals surface area (Å²) in [5.41, 5.74) is 2.13. The van der Waals surface area contributed by atoms with E-state index in [2.05, 4.69) is 5.32 Å². The Kier molecular flexibility index (Phi) is 4.05. The largest absolute Gasteiger partial charge is 0.378 e. The summed E-state index contributed by atoms with van der Waals surface area (Å²) in [6, 6.07) is 9.41. The van der Waals surface area contributed by atoms with E-state index in [0.717, 1.165) is 5.56 Å². The second-order valence-electron chi connectivity index (χ2n) is 4.50. The molecule has 2 aromatic carbocycles. The average molecular weight is 282 g/mol. The Labute approximate surface area is 116 Å². The zero-order valence-electron chi connectivity index (χ0n) is 10.7. The van der Waals surface area contributed by atoms with E-state index in [1.54, 1.807) is 19.1 Å². The van der Waals surface area contributed by atoms with E-state index in [9.17, 15) is 8.78 Å². The molecule has 1 N–H and O–H groups in total. The van der Waals surface area contributed by atoms with Gasteiger partial charge in [0.15, 0.2) is 0 Å². The normalized spacial score (nSPS) is 12.3. The van der Waals surface area contributed by atoms with Gasteiger partial charge < -0.3 is 5.32 Å². The first-order valence-electron chi connectivity index (χ1n) is 5.95. The zero-order chi connectivity index (χ0) is 14.0. The van der Waals surface area contributed by atoms with Crippen molar-refractivity contribution in [2.24, 2.45) is 0 Å². The van der Waals surface area contributed by atoms with Gasteiger partial charge >= 0.3 is 0 Å². The molecule has 0 aromatic heterocycles. The third-order valence-electron chi connectivity index (χ3n) is 3.00. The fourth-order valence-electron chi connectivity index (χ4n) is 1.80. The van der Waals surface area contributed by atoms with Crippen LogP contribution < -0.4 is 5.32 Å². The van der Waals surface area contributed by atoms with Crippen LogP contribution in [0.3, 0.4) is 0 Å². The molecular formula is C15H14ClF2N. The van der Waals surface area contributed by atoms with Crippen LogP contribution in [0, 0.1) is 18.6 Å². The van der Waals surface area contributed by atoms with Crippen LogP contribution in [0.1, 0.15) is 24.1 Å². The molecule has 0 heterocycles. The number of benzene rings is 2. The van der Waals surface area contributed by atoms with Crippen molar-refractivity contribution in [1.82, 2.24) is 0 Å². The van der Waals surface area contributed by atoms with E-state index in [0.29, 0.717) is 11.3 Å². The number of rotatable bonds is 3. The highest BCUT2D eigenvalue weighted by molar-refractivity contribution is 6.31. The SMILES string of the molecule is Cc1ccc(C(C)Nc2ccc(F)c(Cl)c2)cc1F. The van der Waals surface area contributed by atoms with Crippen molar-refractivity contribution in [3.8, 4) is 0 Å². The maximum absolute atomic E-state index is 13.5. The summed E-state index contributed by atoms with van der Waals surface area (Å²) in [5.74, 6) is -0.690. The van der Waals surface area contributed by atoms with Crippen molar-refractivity contribution in [2.75, 3.05) is 5.32 Å². The van der Waals surface area contributed by atoms with Crippen molar-refractivity contribution in [3.05, 3.63) is 64.2 Å². The first-order chi connectivity index (χ1) is 8.97. The highest BCUT2D eigenvalue weighted by Crippen LogP contribution is 2.24. The Morgan fingerprint density at radius 1 is 1.05 bits per heavy atom. The van der Waals surface area contributed by atoms with Gasteiger partial charge in [-0.3, -0.25) is 0 Å². The Hall–Kier alpha value is -1.61. The van der Waals surface area contributed by atoms with Gasteiger partial charge in [-0.2, -0.15) is 0 Å². The molecule has 0 aliphatic heterocycles. The van der Waals surface area contributed by atoms with E-state index >= 15 is 0 Å². The van der Waals surface area contributed by atoms with Gasteiger partial charge in [0.25, 0.3) is 0 Å². The Balaban J connectivity index is 2.17. The molecule has 0 bridgehead atoms. The number of hydrogen-bond acceptors (Lipinski definition) is 1. The zero-order valence-corrected chi connectivity index (χ0v) is 11.4. The fraction of sp³-hybridized carbons (Fsp3) is 0.200. The summed E-state index contributed by atoms with van der Waals surface area (Å²) in [6.07, 6.45) is 0. The van der Waals surface area contributed by atoms with Crippen molar-refractivity contribution in [3.63, 3.8) is 0 Å². The molecule has 1 atom stereocenters. The number of anilines is 1. The minimum atomic E-state index is -0.457. The maximum Gasteiger partial charge on any atom is 0.141 e. The monoisotopic (exact) mass is 281 g/mol. The summed E-state index contributed by atoms with van der Waals surface area (Å²) >= 11 is 5.71. The quantitative estimate of drug-likeness (QED) is 0.825. The molecule has 0 aliphatic carbocycles. The second kappa shape index (κ2) is 5.57. The molecule has 1 unspecified atom stereocenters. The van der Waals surface area contributed by atoms with Crippen LogP contribution in [-0.2, 0) is 0 Å². The topological polar surface area (TPSA) is 12.0 Å². The van der Waals surface area contributed by atoms with Crippen LogP contribution in [0.25, 0.3) is 0 Å². The first kappa shape index (κ1) is 13.8. The minimum Gasteiger partial charge on any atom is -0.378 e. The number of nitrogens with one attached hydrogen (secondary N) is 1. The standard InChI is InChI=1S/C15H14ClF2N/c1-9-3-4-11(7-15(9)18)10(2)19-12-5-6-14(17)13(16)8-12/h3-8,10,19H,1-2H3. The molecule has 2 aromatic rings. The lowest BCUT2D eigenvalue weighted by Crippen LogP contribution is -2.07. The van der Waals surface area contributed by atoms with Crippen molar-refractivity contribution < 1.29 is 8.78 Å². The molecule has 0 saturated heterocycles. The van der Waals surface area contributed by atoms with Crippen LogP contribution in [0.15, 0.2) is 36.4 Å². The van der Waals surface area contributed by atoms with E-state index < -0.39 is 5.82 Å². The minimum absolute atomic E-state index is 0.0623. The van der Waals surface area contributed by atoms with E-state index in [1.807, 2.05) is 13.0 Å². The number of halogens is 3. The van der Waals surface area contributed by atoms with Gasteiger partial charge in [0, 0.05) is 11.7 Å². The molecular weight excluding hydrogens is 268 g/mol. The highest BCUT2D eigenvalue weighted by Gasteiger charge is 2.09. The van der Waals surface area contributed by atoms with Gasteiger partial charge in [0.05, 0.1) is 5.02 Å². The molecule has 0 aliphatic rings. The van der Waals surface area contributed by atoms with Crippen LogP contribution in [-0.4, -0.2) is 0 Å². The van der Waals surface area contributed by atoms with Gasteiger partial charge in [-0.05, 0) is 49.2 Å². The van der Waals surface area contributed by atoms with E-state index in [1.165, 1.54) is 18.2 Å². The van der Waals surface area contributed by atoms with Gasteiger partial charge in [0.1, 0.15) is 11.6 Å². The van der Waals surface area contributed by atoms with Crippen molar-refractivity contribution in [2.45, 2.75) is 19.9 Å². The van der Waals surface area contributed by atoms with Gasteiger partial charge in [-0.25, -0.2) is 8.78 Å². The molecule has 1 nitrogen and oxygen atoms in total. The number of hydrogen-bond donors (Lipinski definition) is 1. The smallest absolute Gasteiger partial charge is 0.141 e. The molecule has 0 spiro atoms. The lowest BCUT2D eigenvalue weighted by molar-refractivity contribution is 0.614. The fourth-order valence-corrected chi connectivity index (χ4v) is 1.98. The molecule has 100 valence electrons. The molecule has 0 amide bonds. The first-order valence-corrected chi connectivity index (χ1v) is 6.33. The summed E-state index contributed by atoms with van der Waals surface area (Å²) in [5, 5.41) is 3.22. The van der Waals surface area contributed by atoms with E-state index in [-0.39, 0.29) is 16.9 Å². The molecule has 0 saturated carbocycles. The summed E-state index contributed by atoms with van der Waals surface area (Å²) in [4.78, 5) is 0.